The number of rotatable bonds is 5. The molecule has 2 aliphatic carbocycles. The van der Waals surface area contributed by atoms with Gasteiger partial charge in [-0.15, -0.1) is 0 Å². The van der Waals surface area contributed by atoms with Crippen LogP contribution in [0.25, 0.3) is 0 Å². The van der Waals surface area contributed by atoms with Crippen LogP contribution in [0.4, 0.5) is 0 Å². The third kappa shape index (κ3) is 4.03. The molecule has 0 amide bonds. The predicted molar refractivity (Wildman–Crippen MR) is 117 cm³/mol. The average molecular weight is 499 g/mol. The van der Waals surface area contributed by atoms with Crippen molar-refractivity contribution in [2.75, 3.05) is 0 Å². The number of hydrogen-bond donors (Lipinski definition) is 3. The van der Waals surface area contributed by atoms with Crippen molar-refractivity contribution in [3.05, 3.63) is 11.1 Å². The molecule has 1 heterocycles. The molecule has 1 saturated carbocycles. The fourth-order valence-corrected chi connectivity index (χ4v) is 5.54. The van der Waals surface area contributed by atoms with Gasteiger partial charge < -0.3 is 34.3 Å². The van der Waals surface area contributed by atoms with Crippen LogP contribution in [0.5, 0.6) is 0 Å². The van der Waals surface area contributed by atoms with Gasteiger partial charge in [-0.25, -0.2) is 4.79 Å². The number of aliphatic hydroxyl groups excluding tert-OH is 1. The monoisotopic (exact) mass is 498 g/mol. The summed E-state index contributed by atoms with van der Waals surface area (Å²) in [6.07, 6.45) is -5.75. The highest BCUT2D eigenvalue weighted by Gasteiger charge is 2.75. The van der Waals surface area contributed by atoms with E-state index >= 15 is 0 Å². The van der Waals surface area contributed by atoms with Crippen molar-refractivity contribution < 1.29 is 53.4 Å². The Bertz CT molecular complexity index is 969. The van der Waals surface area contributed by atoms with Gasteiger partial charge in [0.2, 0.25) is 0 Å². The number of aliphatic hydroxyl groups is 3. The zero-order valence-corrected chi connectivity index (χ0v) is 21.0. The van der Waals surface area contributed by atoms with E-state index in [4.69, 9.17) is 18.9 Å². The minimum Gasteiger partial charge on any atom is -0.459 e. The SMILES string of the molecule is CC[C@H](C)C(=O)O[C@H]1C[C@](C)(OC(C)=O)[C@@H]2C(=C(C)[C@H](O)[C@H]2OC(C)=O)[C@@H]2OC(=O)[C@@](C)(O)[C@@]12O. The van der Waals surface area contributed by atoms with Crippen LogP contribution in [-0.2, 0) is 38.1 Å². The summed E-state index contributed by atoms with van der Waals surface area (Å²) in [5, 5.41) is 34.1. The van der Waals surface area contributed by atoms with Crippen LogP contribution in [-0.4, -0.2) is 80.4 Å². The smallest absolute Gasteiger partial charge is 0.341 e. The Labute approximate surface area is 203 Å². The Hall–Kier alpha value is -2.50. The molecule has 0 aromatic carbocycles. The van der Waals surface area contributed by atoms with Gasteiger partial charge >= 0.3 is 23.9 Å². The number of esters is 4. The summed E-state index contributed by atoms with van der Waals surface area (Å²) in [4.78, 5) is 49.7. The van der Waals surface area contributed by atoms with Gasteiger partial charge in [-0.1, -0.05) is 13.8 Å². The van der Waals surface area contributed by atoms with Crippen LogP contribution >= 0.6 is 0 Å². The molecule has 1 aliphatic heterocycles. The van der Waals surface area contributed by atoms with E-state index < -0.39 is 76.9 Å². The molecule has 9 atom stereocenters. The Morgan fingerprint density at radius 1 is 1.14 bits per heavy atom. The number of hydrogen-bond acceptors (Lipinski definition) is 11. The summed E-state index contributed by atoms with van der Waals surface area (Å²) in [5.74, 6) is -4.95. The largest absolute Gasteiger partial charge is 0.459 e. The van der Waals surface area contributed by atoms with Crippen molar-refractivity contribution in [3.63, 3.8) is 0 Å². The Kier molecular flexibility index (Phi) is 6.86. The minimum atomic E-state index is -2.53. The maximum atomic E-state index is 12.8. The van der Waals surface area contributed by atoms with Gasteiger partial charge in [-0.05, 0) is 38.3 Å². The van der Waals surface area contributed by atoms with E-state index in [0.717, 1.165) is 20.8 Å². The van der Waals surface area contributed by atoms with E-state index in [1.807, 2.05) is 0 Å². The lowest BCUT2D eigenvalue weighted by Gasteiger charge is -2.41. The molecule has 0 spiro atoms. The normalized spacial score (nSPS) is 41.3. The molecule has 0 aromatic rings. The van der Waals surface area contributed by atoms with Crippen molar-refractivity contribution in [2.45, 2.75) is 103 Å². The molecule has 0 aromatic heterocycles. The van der Waals surface area contributed by atoms with E-state index in [1.54, 1.807) is 13.8 Å². The average Bonchev–Trinajstić information content (AvgIpc) is 3.05. The highest BCUT2D eigenvalue weighted by Crippen LogP contribution is 2.57. The van der Waals surface area contributed by atoms with Crippen molar-refractivity contribution in [3.8, 4) is 0 Å². The fraction of sp³-hybridized carbons (Fsp3) is 0.750. The molecule has 35 heavy (non-hydrogen) atoms. The van der Waals surface area contributed by atoms with Gasteiger partial charge in [0.05, 0.1) is 11.8 Å². The first-order valence-corrected chi connectivity index (χ1v) is 11.6. The van der Waals surface area contributed by atoms with Crippen LogP contribution in [0.15, 0.2) is 11.1 Å². The lowest BCUT2D eigenvalue weighted by atomic mass is 9.75. The van der Waals surface area contributed by atoms with Gasteiger partial charge in [0, 0.05) is 20.3 Å². The highest BCUT2D eigenvalue weighted by molar-refractivity contribution is 5.85. The third-order valence-electron chi connectivity index (χ3n) is 7.65. The molecular weight excluding hydrogens is 464 g/mol. The second-order valence-electron chi connectivity index (χ2n) is 10.2. The topological polar surface area (TPSA) is 166 Å². The highest BCUT2D eigenvalue weighted by atomic mass is 16.6. The molecule has 11 nitrogen and oxygen atoms in total. The van der Waals surface area contributed by atoms with Gasteiger partial charge in [0.1, 0.15) is 23.9 Å². The fourth-order valence-electron chi connectivity index (χ4n) is 5.54. The van der Waals surface area contributed by atoms with Gasteiger partial charge in [-0.2, -0.15) is 0 Å². The van der Waals surface area contributed by atoms with Gasteiger partial charge in [0.25, 0.3) is 0 Å². The van der Waals surface area contributed by atoms with E-state index in [9.17, 15) is 34.5 Å². The number of carbonyl (C=O) groups excluding carboxylic acids is 4. The van der Waals surface area contributed by atoms with Crippen LogP contribution in [0, 0.1) is 11.8 Å². The molecule has 196 valence electrons. The lowest BCUT2D eigenvalue weighted by molar-refractivity contribution is -0.213. The lowest BCUT2D eigenvalue weighted by Crippen LogP contribution is -2.64. The molecular formula is C24H34O11. The molecule has 3 aliphatic rings. The Morgan fingerprint density at radius 2 is 1.74 bits per heavy atom. The molecule has 0 unspecified atom stereocenters. The van der Waals surface area contributed by atoms with E-state index in [-0.39, 0.29) is 17.6 Å². The molecule has 2 fully saturated rings. The number of ether oxygens (including phenoxy) is 4. The minimum absolute atomic E-state index is 0.128. The third-order valence-corrected chi connectivity index (χ3v) is 7.65. The summed E-state index contributed by atoms with van der Waals surface area (Å²) in [5.41, 5.74) is -6.30. The summed E-state index contributed by atoms with van der Waals surface area (Å²) >= 11 is 0. The Morgan fingerprint density at radius 3 is 2.26 bits per heavy atom. The van der Waals surface area contributed by atoms with Crippen LogP contribution in [0.1, 0.15) is 61.3 Å². The second-order valence-corrected chi connectivity index (χ2v) is 10.2. The molecule has 3 N–H and O–H groups in total. The van der Waals surface area contributed by atoms with Crippen molar-refractivity contribution in [2.24, 2.45) is 11.8 Å². The van der Waals surface area contributed by atoms with Crippen molar-refractivity contribution >= 4 is 23.9 Å². The first kappa shape index (κ1) is 27.1. The van der Waals surface area contributed by atoms with E-state index in [1.165, 1.54) is 13.8 Å². The van der Waals surface area contributed by atoms with Gasteiger partial charge in [0.15, 0.2) is 17.3 Å². The summed E-state index contributed by atoms with van der Waals surface area (Å²) < 4.78 is 22.2. The van der Waals surface area contributed by atoms with E-state index in [0.29, 0.717) is 6.42 Å². The molecule has 11 heteroatoms. The van der Waals surface area contributed by atoms with Crippen LogP contribution in [0.2, 0.25) is 0 Å². The zero-order chi connectivity index (χ0) is 26.7. The summed E-state index contributed by atoms with van der Waals surface area (Å²) in [6, 6.07) is 0. The zero-order valence-electron chi connectivity index (χ0n) is 21.0. The maximum Gasteiger partial charge on any atom is 0.341 e. The second kappa shape index (κ2) is 8.86. The molecule has 0 bridgehead atoms. The number of carbonyl (C=O) groups is 4. The summed E-state index contributed by atoms with van der Waals surface area (Å²) in [6.45, 7) is 9.73. The molecule has 1 saturated heterocycles. The Balaban J connectivity index is 2.29. The van der Waals surface area contributed by atoms with Crippen LogP contribution < -0.4 is 0 Å². The first-order valence-electron chi connectivity index (χ1n) is 11.6. The van der Waals surface area contributed by atoms with Gasteiger partial charge in [-0.3, -0.25) is 14.4 Å². The maximum absolute atomic E-state index is 12.8. The number of fused-ring (bicyclic) bond motifs is 3. The van der Waals surface area contributed by atoms with E-state index in [2.05, 4.69) is 0 Å². The summed E-state index contributed by atoms with van der Waals surface area (Å²) in [7, 11) is 0. The first-order chi connectivity index (χ1) is 16.0. The van der Waals surface area contributed by atoms with Crippen molar-refractivity contribution in [1.29, 1.82) is 0 Å². The van der Waals surface area contributed by atoms with Crippen molar-refractivity contribution in [1.82, 2.24) is 0 Å². The quantitative estimate of drug-likeness (QED) is 0.271. The molecule has 0 radical (unpaired) electrons. The van der Waals surface area contributed by atoms with Crippen LogP contribution in [0.3, 0.4) is 0 Å². The molecule has 3 rings (SSSR count). The predicted octanol–water partition coefficient (Wildman–Crippen LogP) is 0.316. The standard InChI is InChI=1S/C24H34O11/c1-8-10(2)20(28)33-14-9-22(6,35-13(5)26)16-15(11(3)17(27)18(16)32-12(4)25)19-24(14,31)23(7,30)21(29)34-19/h10,14,16-19,27,30-31H,8-9H2,1-7H3/t10-,14-,16+,17-,18-,19-,22-,23+,24+/m0/s1.